The van der Waals surface area contributed by atoms with E-state index in [2.05, 4.69) is 10.3 Å². The lowest BCUT2D eigenvalue weighted by Gasteiger charge is -2.12. The van der Waals surface area contributed by atoms with E-state index in [0.29, 0.717) is 6.42 Å². The number of carbonyl (C=O) groups excluding carboxylic acids is 1. The Hall–Kier alpha value is -1.91. The Morgan fingerprint density at radius 1 is 1.41 bits per heavy atom. The van der Waals surface area contributed by atoms with Gasteiger partial charge in [-0.3, -0.25) is 14.6 Å². The van der Waals surface area contributed by atoms with Crippen LogP contribution in [0.3, 0.4) is 0 Å². The lowest BCUT2D eigenvalue weighted by molar-refractivity contribution is -0.137. The minimum atomic E-state index is -0.879. The Morgan fingerprint density at radius 2 is 2.18 bits per heavy atom. The number of carbonyl (C=O) groups is 2. The van der Waals surface area contributed by atoms with Crippen LogP contribution < -0.4 is 5.32 Å². The Balaban J connectivity index is 2.34. The second kappa shape index (κ2) is 6.62. The van der Waals surface area contributed by atoms with Crippen molar-refractivity contribution in [2.75, 3.05) is 0 Å². The van der Waals surface area contributed by atoms with Crippen molar-refractivity contribution in [1.82, 2.24) is 10.3 Å². The third kappa shape index (κ3) is 5.10. The number of rotatable bonds is 6. The summed E-state index contributed by atoms with van der Waals surface area (Å²) in [6, 6.07) is 5.34. The quantitative estimate of drug-likeness (QED) is 0.784. The summed E-state index contributed by atoms with van der Waals surface area (Å²) in [4.78, 5) is 25.9. The monoisotopic (exact) mass is 236 g/mol. The van der Waals surface area contributed by atoms with E-state index in [4.69, 9.17) is 5.11 Å². The van der Waals surface area contributed by atoms with Gasteiger partial charge in [0.25, 0.3) is 0 Å². The van der Waals surface area contributed by atoms with Crippen LogP contribution in [0.15, 0.2) is 24.4 Å². The molecule has 0 spiro atoms. The van der Waals surface area contributed by atoms with Crippen LogP contribution in [0.5, 0.6) is 0 Å². The average Bonchev–Trinajstić information content (AvgIpc) is 2.29. The van der Waals surface area contributed by atoms with E-state index in [-0.39, 0.29) is 24.8 Å². The summed E-state index contributed by atoms with van der Waals surface area (Å²) in [6.07, 6.45) is 2.27. The molecular weight excluding hydrogens is 220 g/mol. The van der Waals surface area contributed by atoms with Crippen LogP contribution in [0, 0.1) is 0 Å². The number of amides is 1. The van der Waals surface area contributed by atoms with Crippen molar-refractivity contribution in [3.05, 3.63) is 30.1 Å². The van der Waals surface area contributed by atoms with Crippen LogP contribution in [0.4, 0.5) is 0 Å². The second-order valence-electron chi connectivity index (χ2n) is 3.79. The predicted molar refractivity (Wildman–Crippen MR) is 62.3 cm³/mol. The first-order valence-corrected chi connectivity index (χ1v) is 5.51. The summed E-state index contributed by atoms with van der Waals surface area (Å²) in [5.41, 5.74) is 0.791. The number of carboxylic acids is 1. The maximum atomic E-state index is 11.5. The van der Waals surface area contributed by atoms with Crippen LogP contribution in [0.25, 0.3) is 0 Å². The molecule has 1 heterocycles. The average molecular weight is 236 g/mol. The number of hydrogen-bond acceptors (Lipinski definition) is 3. The van der Waals surface area contributed by atoms with Gasteiger partial charge >= 0.3 is 5.97 Å². The first-order chi connectivity index (χ1) is 8.09. The Kier molecular flexibility index (Phi) is 5.13. The summed E-state index contributed by atoms with van der Waals surface area (Å²) in [5, 5.41) is 11.2. The fourth-order valence-electron chi connectivity index (χ4n) is 1.42. The fraction of sp³-hybridized carbons (Fsp3) is 0.417. The maximum absolute atomic E-state index is 11.5. The summed E-state index contributed by atoms with van der Waals surface area (Å²) < 4.78 is 0. The third-order valence-corrected chi connectivity index (χ3v) is 2.30. The molecular formula is C12H16N2O3. The molecule has 1 amide bonds. The van der Waals surface area contributed by atoms with Gasteiger partial charge in [0, 0.05) is 19.0 Å². The van der Waals surface area contributed by atoms with Gasteiger partial charge < -0.3 is 10.4 Å². The van der Waals surface area contributed by atoms with Gasteiger partial charge in [-0.15, -0.1) is 0 Å². The molecule has 2 N–H and O–H groups in total. The molecule has 1 rings (SSSR count). The molecule has 92 valence electrons. The number of pyridine rings is 1. The molecule has 17 heavy (non-hydrogen) atoms. The van der Waals surface area contributed by atoms with Crippen LogP contribution in [0.2, 0.25) is 0 Å². The van der Waals surface area contributed by atoms with Crippen molar-refractivity contribution >= 4 is 11.9 Å². The first-order valence-electron chi connectivity index (χ1n) is 5.51. The predicted octanol–water partition coefficient (Wildman–Crippen LogP) is 1.51. The van der Waals surface area contributed by atoms with Crippen molar-refractivity contribution < 1.29 is 14.7 Å². The van der Waals surface area contributed by atoms with Gasteiger partial charge in [-0.25, -0.2) is 0 Å². The van der Waals surface area contributed by atoms with Crippen LogP contribution in [-0.4, -0.2) is 22.0 Å². The Morgan fingerprint density at radius 3 is 2.76 bits per heavy atom. The van der Waals surface area contributed by atoms with Crippen molar-refractivity contribution in [2.24, 2.45) is 0 Å². The molecule has 0 bridgehead atoms. The van der Waals surface area contributed by atoms with Crippen LogP contribution in [0.1, 0.15) is 37.9 Å². The highest BCUT2D eigenvalue weighted by atomic mass is 16.4. The van der Waals surface area contributed by atoms with E-state index in [1.54, 1.807) is 6.20 Å². The van der Waals surface area contributed by atoms with Crippen LogP contribution in [-0.2, 0) is 9.59 Å². The molecule has 0 unspecified atom stereocenters. The number of aliphatic carboxylic acids is 1. The van der Waals surface area contributed by atoms with Gasteiger partial charge in [0.1, 0.15) is 0 Å². The van der Waals surface area contributed by atoms with Crippen molar-refractivity contribution in [3.8, 4) is 0 Å². The van der Waals surface area contributed by atoms with Crippen molar-refractivity contribution in [3.63, 3.8) is 0 Å². The molecule has 0 saturated carbocycles. The highest BCUT2D eigenvalue weighted by Crippen LogP contribution is 2.08. The first kappa shape index (κ1) is 13.2. The zero-order valence-corrected chi connectivity index (χ0v) is 9.72. The smallest absolute Gasteiger partial charge is 0.303 e. The fourth-order valence-corrected chi connectivity index (χ4v) is 1.42. The van der Waals surface area contributed by atoms with E-state index in [0.717, 1.165) is 5.69 Å². The van der Waals surface area contributed by atoms with Gasteiger partial charge in [-0.05, 0) is 25.5 Å². The zero-order chi connectivity index (χ0) is 12.7. The molecule has 5 heteroatoms. The minimum absolute atomic E-state index is 0.0192. The number of hydrogen-bond donors (Lipinski definition) is 2. The molecule has 0 aliphatic heterocycles. The number of aromatic nitrogens is 1. The molecule has 5 nitrogen and oxygen atoms in total. The number of nitrogens with one attached hydrogen (secondary N) is 1. The van der Waals surface area contributed by atoms with E-state index in [9.17, 15) is 9.59 Å². The highest BCUT2D eigenvalue weighted by Gasteiger charge is 2.10. The molecule has 0 aliphatic carbocycles. The van der Waals surface area contributed by atoms with E-state index in [1.165, 1.54) is 0 Å². The second-order valence-corrected chi connectivity index (χ2v) is 3.79. The van der Waals surface area contributed by atoms with Gasteiger partial charge in [-0.1, -0.05) is 6.07 Å². The summed E-state index contributed by atoms with van der Waals surface area (Å²) in [5.74, 6) is -1.03. The van der Waals surface area contributed by atoms with E-state index in [1.807, 2.05) is 25.1 Å². The van der Waals surface area contributed by atoms with Gasteiger partial charge in [0.15, 0.2) is 0 Å². The topological polar surface area (TPSA) is 79.3 Å². The molecule has 0 saturated heterocycles. The van der Waals surface area contributed by atoms with Crippen molar-refractivity contribution in [2.45, 2.75) is 32.2 Å². The van der Waals surface area contributed by atoms with Gasteiger partial charge in [0.05, 0.1) is 11.7 Å². The summed E-state index contributed by atoms with van der Waals surface area (Å²) in [7, 11) is 0. The number of carboxylic acid groups (broad SMARTS) is 1. The molecule has 1 atom stereocenters. The Bertz CT molecular complexity index is 379. The minimum Gasteiger partial charge on any atom is -0.481 e. The number of nitrogens with zero attached hydrogens (tertiary/aromatic N) is 1. The molecule has 1 aromatic rings. The van der Waals surface area contributed by atoms with Gasteiger partial charge in [-0.2, -0.15) is 0 Å². The summed E-state index contributed by atoms with van der Waals surface area (Å²) in [6.45, 7) is 1.84. The standard InChI is InChI=1S/C12H16N2O3/c1-9(10-5-2-3-8-13-10)14-11(15)6-4-7-12(16)17/h2-3,5,8-9H,4,6-7H2,1H3,(H,14,15)(H,16,17)/t9-/m1/s1. The normalized spacial score (nSPS) is 11.8. The molecule has 1 aromatic heterocycles. The lowest BCUT2D eigenvalue weighted by Crippen LogP contribution is -2.27. The van der Waals surface area contributed by atoms with Crippen LogP contribution >= 0.6 is 0 Å². The maximum Gasteiger partial charge on any atom is 0.303 e. The molecule has 0 fully saturated rings. The zero-order valence-electron chi connectivity index (χ0n) is 9.72. The van der Waals surface area contributed by atoms with E-state index >= 15 is 0 Å². The summed E-state index contributed by atoms with van der Waals surface area (Å²) >= 11 is 0. The SMILES string of the molecule is C[C@@H](NC(=O)CCCC(=O)O)c1ccccn1. The molecule has 0 aromatic carbocycles. The highest BCUT2D eigenvalue weighted by molar-refractivity contribution is 5.77. The van der Waals surface area contributed by atoms with Gasteiger partial charge in [0.2, 0.25) is 5.91 Å². The largest absolute Gasteiger partial charge is 0.481 e. The Labute approximate surface area is 99.9 Å². The lowest BCUT2D eigenvalue weighted by atomic mass is 10.2. The molecule has 0 radical (unpaired) electrons. The molecule has 0 aliphatic rings. The third-order valence-electron chi connectivity index (χ3n) is 2.30. The van der Waals surface area contributed by atoms with Crippen molar-refractivity contribution in [1.29, 1.82) is 0 Å². The van der Waals surface area contributed by atoms with E-state index < -0.39 is 5.97 Å².